The lowest BCUT2D eigenvalue weighted by atomic mass is 10.1. The predicted octanol–water partition coefficient (Wildman–Crippen LogP) is 2.56. The first-order valence-corrected chi connectivity index (χ1v) is 7.74. The number of carbonyl (C=O) groups excluding carboxylic acids is 2. The van der Waals surface area contributed by atoms with Crippen molar-refractivity contribution in [1.29, 1.82) is 0 Å². The van der Waals surface area contributed by atoms with E-state index in [-0.39, 0.29) is 5.76 Å². The van der Waals surface area contributed by atoms with Gasteiger partial charge in [-0.15, -0.1) is 0 Å². The number of benzene rings is 1. The van der Waals surface area contributed by atoms with E-state index in [1.807, 2.05) is 30.3 Å². The van der Waals surface area contributed by atoms with E-state index in [4.69, 9.17) is 8.94 Å². The molecule has 0 aliphatic carbocycles. The van der Waals surface area contributed by atoms with Gasteiger partial charge >= 0.3 is 0 Å². The molecule has 0 spiro atoms. The fraction of sp³-hybridized carbons (Fsp3) is 0.167. The van der Waals surface area contributed by atoms with E-state index in [0.29, 0.717) is 18.0 Å². The molecule has 0 fully saturated rings. The molecule has 0 bridgehead atoms. The Hall–Kier alpha value is -3.35. The van der Waals surface area contributed by atoms with Gasteiger partial charge in [0.15, 0.2) is 11.6 Å². The van der Waals surface area contributed by atoms with Crippen LogP contribution < -0.4 is 10.6 Å². The summed E-state index contributed by atoms with van der Waals surface area (Å²) in [6, 6.07) is 13.4. The molecule has 3 aromatic rings. The second-order valence-electron chi connectivity index (χ2n) is 5.51. The third-order valence-corrected chi connectivity index (χ3v) is 3.53. The maximum Gasteiger partial charge on any atom is 0.287 e. The maximum atomic E-state index is 12.6. The van der Waals surface area contributed by atoms with Crippen molar-refractivity contribution in [1.82, 2.24) is 10.5 Å². The van der Waals surface area contributed by atoms with Gasteiger partial charge in [0.05, 0.1) is 6.26 Å². The Kier molecular flexibility index (Phi) is 4.94. The molecular formula is C18H17N3O4. The van der Waals surface area contributed by atoms with E-state index >= 15 is 0 Å². The number of anilines is 1. The largest absolute Gasteiger partial charge is 0.459 e. The fourth-order valence-corrected chi connectivity index (χ4v) is 2.33. The lowest BCUT2D eigenvalue weighted by Gasteiger charge is -2.17. The summed E-state index contributed by atoms with van der Waals surface area (Å²) in [5.74, 6) is 0.167. The molecule has 2 amide bonds. The minimum absolute atomic E-state index is 0.142. The van der Waals surface area contributed by atoms with Crippen molar-refractivity contribution in [3.63, 3.8) is 0 Å². The molecule has 128 valence electrons. The van der Waals surface area contributed by atoms with Gasteiger partial charge in [0.2, 0.25) is 5.91 Å². The van der Waals surface area contributed by atoms with Crippen LogP contribution in [0.15, 0.2) is 63.7 Å². The van der Waals surface area contributed by atoms with Crippen LogP contribution in [0.1, 0.15) is 21.9 Å². The summed E-state index contributed by atoms with van der Waals surface area (Å²) in [4.78, 5) is 24.8. The minimum Gasteiger partial charge on any atom is -0.459 e. The molecule has 0 saturated carbocycles. The number of rotatable bonds is 6. The molecule has 0 aliphatic rings. The second-order valence-corrected chi connectivity index (χ2v) is 5.51. The Morgan fingerprint density at radius 1 is 1.16 bits per heavy atom. The van der Waals surface area contributed by atoms with E-state index < -0.39 is 17.9 Å². The van der Waals surface area contributed by atoms with Crippen molar-refractivity contribution in [3.8, 4) is 0 Å². The van der Waals surface area contributed by atoms with E-state index in [1.54, 1.807) is 19.1 Å². The Balaban J connectivity index is 1.75. The minimum atomic E-state index is -0.794. The highest BCUT2D eigenvalue weighted by molar-refractivity contribution is 5.99. The SMILES string of the molecule is Cc1cc(NC(=O)[C@H](Cc2ccccc2)NC(=O)c2ccco2)no1. The standard InChI is InChI=1S/C18H17N3O4/c1-12-10-16(21-25-12)20-17(22)14(11-13-6-3-2-4-7-13)19-18(23)15-8-5-9-24-15/h2-10,14H,11H2,1H3,(H,19,23)(H,20,21,22)/t14-/m0/s1. The Morgan fingerprint density at radius 3 is 2.60 bits per heavy atom. The van der Waals surface area contributed by atoms with Gasteiger partial charge in [-0.25, -0.2) is 0 Å². The van der Waals surface area contributed by atoms with Gasteiger partial charge in [0.1, 0.15) is 11.8 Å². The molecule has 2 N–H and O–H groups in total. The third-order valence-electron chi connectivity index (χ3n) is 3.53. The Morgan fingerprint density at radius 2 is 1.96 bits per heavy atom. The summed E-state index contributed by atoms with van der Waals surface area (Å²) in [6.07, 6.45) is 1.73. The Labute approximate surface area is 144 Å². The maximum absolute atomic E-state index is 12.6. The molecule has 1 atom stereocenters. The van der Waals surface area contributed by atoms with Crippen molar-refractivity contribution in [2.75, 3.05) is 5.32 Å². The van der Waals surface area contributed by atoms with E-state index in [0.717, 1.165) is 5.56 Å². The number of nitrogens with one attached hydrogen (secondary N) is 2. The molecule has 0 unspecified atom stereocenters. The van der Waals surface area contributed by atoms with Crippen molar-refractivity contribution >= 4 is 17.6 Å². The molecule has 2 heterocycles. The fourth-order valence-electron chi connectivity index (χ4n) is 2.33. The highest BCUT2D eigenvalue weighted by Gasteiger charge is 2.24. The van der Waals surface area contributed by atoms with Gasteiger partial charge in [0, 0.05) is 12.5 Å². The smallest absolute Gasteiger partial charge is 0.287 e. The molecule has 3 rings (SSSR count). The molecule has 25 heavy (non-hydrogen) atoms. The van der Waals surface area contributed by atoms with Crippen molar-refractivity contribution in [3.05, 3.63) is 71.9 Å². The monoisotopic (exact) mass is 339 g/mol. The zero-order valence-electron chi connectivity index (χ0n) is 13.6. The first-order chi connectivity index (χ1) is 12.1. The molecule has 1 aromatic carbocycles. The molecule has 2 aromatic heterocycles. The van der Waals surface area contributed by atoms with Crippen LogP contribution in [0.5, 0.6) is 0 Å². The highest BCUT2D eigenvalue weighted by Crippen LogP contribution is 2.10. The average Bonchev–Trinajstić information content (AvgIpc) is 3.27. The lowest BCUT2D eigenvalue weighted by Crippen LogP contribution is -2.45. The first-order valence-electron chi connectivity index (χ1n) is 7.74. The number of carbonyl (C=O) groups is 2. The van der Waals surface area contributed by atoms with Gasteiger partial charge in [-0.3, -0.25) is 9.59 Å². The Bertz CT molecular complexity index is 840. The number of amides is 2. The van der Waals surface area contributed by atoms with Crippen molar-refractivity contribution < 1.29 is 18.5 Å². The van der Waals surface area contributed by atoms with E-state index in [9.17, 15) is 9.59 Å². The molecule has 0 radical (unpaired) electrons. The zero-order valence-corrected chi connectivity index (χ0v) is 13.6. The van der Waals surface area contributed by atoms with E-state index in [1.165, 1.54) is 12.3 Å². The molecular weight excluding hydrogens is 322 g/mol. The normalized spacial score (nSPS) is 11.7. The number of furan rings is 1. The number of aromatic nitrogens is 1. The summed E-state index contributed by atoms with van der Waals surface area (Å²) in [5.41, 5.74) is 0.915. The second kappa shape index (κ2) is 7.48. The molecule has 0 aliphatic heterocycles. The summed E-state index contributed by atoms with van der Waals surface area (Å²) in [5, 5.41) is 9.07. The summed E-state index contributed by atoms with van der Waals surface area (Å²) in [6.45, 7) is 1.72. The summed E-state index contributed by atoms with van der Waals surface area (Å²) < 4.78 is 10.0. The van der Waals surface area contributed by atoms with Crippen LogP contribution in [0, 0.1) is 6.92 Å². The predicted molar refractivity (Wildman–Crippen MR) is 90.0 cm³/mol. The van der Waals surface area contributed by atoms with Gasteiger partial charge < -0.3 is 19.6 Å². The topological polar surface area (TPSA) is 97.4 Å². The molecule has 7 heteroatoms. The average molecular weight is 339 g/mol. The van der Waals surface area contributed by atoms with Gasteiger partial charge in [-0.05, 0) is 24.6 Å². The van der Waals surface area contributed by atoms with Gasteiger partial charge in [0.25, 0.3) is 5.91 Å². The number of hydrogen-bond acceptors (Lipinski definition) is 5. The van der Waals surface area contributed by atoms with Crippen LogP contribution in [0.25, 0.3) is 0 Å². The third kappa shape index (κ3) is 4.35. The van der Waals surface area contributed by atoms with Crippen molar-refractivity contribution in [2.45, 2.75) is 19.4 Å². The zero-order chi connectivity index (χ0) is 17.6. The lowest BCUT2D eigenvalue weighted by molar-refractivity contribution is -0.118. The number of aryl methyl sites for hydroxylation is 1. The summed E-state index contributed by atoms with van der Waals surface area (Å²) in [7, 11) is 0. The van der Waals surface area contributed by atoms with Crippen LogP contribution in [0.4, 0.5) is 5.82 Å². The highest BCUT2D eigenvalue weighted by atomic mass is 16.5. The van der Waals surface area contributed by atoms with Crippen molar-refractivity contribution in [2.24, 2.45) is 0 Å². The van der Waals surface area contributed by atoms with Crippen LogP contribution in [0.3, 0.4) is 0 Å². The van der Waals surface area contributed by atoms with Crippen LogP contribution in [-0.2, 0) is 11.2 Å². The summed E-state index contributed by atoms with van der Waals surface area (Å²) >= 11 is 0. The van der Waals surface area contributed by atoms with E-state index in [2.05, 4.69) is 15.8 Å². The van der Waals surface area contributed by atoms with Gasteiger partial charge in [-0.1, -0.05) is 35.5 Å². The quantitative estimate of drug-likeness (QED) is 0.719. The van der Waals surface area contributed by atoms with Gasteiger partial charge in [-0.2, -0.15) is 0 Å². The van der Waals surface area contributed by atoms with Crippen LogP contribution in [-0.4, -0.2) is 23.0 Å². The first kappa shape index (κ1) is 16.5. The molecule has 7 nitrogen and oxygen atoms in total. The van der Waals surface area contributed by atoms with Crippen LogP contribution in [0.2, 0.25) is 0 Å². The number of nitrogens with zero attached hydrogens (tertiary/aromatic N) is 1. The molecule has 0 saturated heterocycles. The van der Waals surface area contributed by atoms with Crippen LogP contribution >= 0.6 is 0 Å². The number of hydrogen-bond donors (Lipinski definition) is 2.